The summed E-state index contributed by atoms with van der Waals surface area (Å²) in [6.45, 7) is 1.03. The lowest BCUT2D eigenvalue weighted by molar-refractivity contribution is -0.116. The van der Waals surface area contributed by atoms with Gasteiger partial charge in [0, 0.05) is 18.7 Å². The summed E-state index contributed by atoms with van der Waals surface area (Å²) in [6.07, 6.45) is 4.47. The summed E-state index contributed by atoms with van der Waals surface area (Å²) in [4.78, 5) is 15.6. The summed E-state index contributed by atoms with van der Waals surface area (Å²) in [7, 11) is 0. The van der Waals surface area contributed by atoms with Crippen LogP contribution in [0.4, 0.5) is 5.82 Å². The van der Waals surface area contributed by atoms with Crippen molar-refractivity contribution < 1.29 is 4.79 Å². The topological polar surface area (TPSA) is 54.0 Å². The summed E-state index contributed by atoms with van der Waals surface area (Å²) < 4.78 is 0. The Hall–Kier alpha value is -0.840. The molecule has 96 valence electrons. The summed E-state index contributed by atoms with van der Waals surface area (Å²) in [5.41, 5.74) is 0. The van der Waals surface area contributed by atoms with E-state index in [9.17, 15) is 4.79 Å². The van der Waals surface area contributed by atoms with Crippen LogP contribution in [0.5, 0.6) is 0 Å². The average Bonchev–Trinajstić information content (AvgIpc) is 2.71. The van der Waals surface area contributed by atoms with Gasteiger partial charge in [0.2, 0.25) is 5.91 Å². The van der Waals surface area contributed by atoms with Crippen LogP contribution in [-0.2, 0) is 4.79 Å². The van der Waals surface area contributed by atoms with E-state index in [2.05, 4.69) is 15.6 Å². The number of nitrogens with one attached hydrogen (secondary N) is 2. The van der Waals surface area contributed by atoms with Crippen LogP contribution < -0.4 is 10.6 Å². The van der Waals surface area contributed by atoms with Crippen molar-refractivity contribution in [1.82, 2.24) is 10.3 Å². The molecule has 1 unspecified atom stereocenters. The Bertz CT molecular complexity index is 329. The maximum atomic E-state index is 11.6. The molecule has 1 amide bonds. The minimum absolute atomic E-state index is 0. The van der Waals surface area contributed by atoms with E-state index in [1.54, 1.807) is 12.3 Å². The van der Waals surface area contributed by atoms with Crippen molar-refractivity contribution >= 4 is 36.5 Å². The maximum absolute atomic E-state index is 11.6. The van der Waals surface area contributed by atoms with Crippen LogP contribution in [0.3, 0.4) is 0 Å². The van der Waals surface area contributed by atoms with Gasteiger partial charge in [-0.3, -0.25) is 4.79 Å². The molecule has 0 saturated carbocycles. The van der Waals surface area contributed by atoms with Gasteiger partial charge in [-0.1, -0.05) is 6.07 Å². The summed E-state index contributed by atoms with van der Waals surface area (Å²) in [5.74, 6) is 0.661. The molecule has 1 aliphatic rings. The Kier molecular flexibility index (Phi) is 7.87. The molecule has 2 heterocycles. The minimum atomic E-state index is 0. The average molecular weight is 278 g/mol. The second kappa shape index (κ2) is 8.28. The largest absolute Gasteiger partial charge is 0.313 e. The number of hydrogen-bond donors (Lipinski definition) is 2. The molecule has 0 aliphatic carbocycles. The number of hydrogen-bond acceptors (Lipinski definition) is 3. The standard InChI is InChI=1S/C11H15N3O.2ClH/c15-11(8-9-4-3-7-12-9)14-10-5-1-2-6-13-10;;/h1-2,5-6,9,12H,3-4,7-8H2,(H,13,14,15);2*1H. The van der Waals surface area contributed by atoms with Crippen molar-refractivity contribution in [3.63, 3.8) is 0 Å². The van der Waals surface area contributed by atoms with Gasteiger partial charge in [0.15, 0.2) is 0 Å². The molecule has 1 fully saturated rings. The molecule has 1 saturated heterocycles. The third-order valence-electron chi connectivity index (χ3n) is 2.53. The molecule has 1 aromatic heterocycles. The van der Waals surface area contributed by atoms with Gasteiger partial charge in [0.25, 0.3) is 0 Å². The van der Waals surface area contributed by atoms with Gasteiger partial charge < -0.3 is 10.6 Å². The van der Waals surface area contributed by atoms with E-state index in [-0.39, 0.29) is 30.7 Å². The van der Waals surface area contributed by atoms with Gasteiger partial charge in [0.05, 0.1) is 0 Å². The zero-order valence-electron chi connectivity index (χ0n) is 9.39. The number of carbonyl (C=O) groups is 1. The molecule has 0 spiro atoms. The van der Waals surface area contributed by atoms with Gasteiger partial charge in [0.1, 0.15) is 5.82 Å². The molecular formula is C11H17Cl2N3O. The van der Waals surface area contributed by atoms with Gasteiger partial charge in [-0.15, -0.1) is 24.8 Å². The maximum Gasteiger partial charge on any atom is 0.227 e. The zero-order chi connectivity index (χ0) is 10.5. The molecule has 0 radical (unpaired) electrons. The van der Waals surface area contributed by atoms with Gasteiger partial charge >= 0.3 is 0 Å². The smallest absolute Gasteiger partial charge is 0.227 e. The summed E-state index contributed by atoms with van der Waals surface area (Å²) in [6, 6.07) is 5.82. The van der Waals surface area contributed by atoms with Crippen molar-refractivity contribution in [2.24, 2.45) is 0 Å². The molecule has 1 aliphatic heterocycles. The molecule has 17 heavy (non-hydrogen) atoms. The van der Waals surface area contributed by atoms with Crippen LogP contribution in [0.25, 0.3) is 0 Å². The number of rotatable bonds is 3. The highest BCUT2D eigenvalue weighted by atomic mass is 35.5. The molecule has 2 N–H and O–H groups in total. The number of nitrogens with zero attached hydrogens (tertiary/aromatic N) is 1. The highest BCUT2D eigenvalue weighted by Crippen LogP contribution is 2.10. The monoisotopic (exact) mass is 277 g/mol. The van der Waals surface area contributed by atoms with E-state index in [4.69, 9.17) is 0 Å². The van der Waals surface area contributed by atoms with E-state index in [1.807, 2.05) is 12.1 Å². The van der Waals surface area contributed by atoms with Crippen LogP contribution in [0.1, 0.15) is 19.3 Å². The van der Waals surface area contributed by atoms with E-state index in [0.717, 1.165) is 13.0 Å². The first-order valence-corrected chi connectivity index (χ1v) is 5.29. The number of pyridine rings is 1. The number of anilines is 1. The lowest BCUT2D eigenvalue weighted by Crippen LogP contribution is -2.27. The van der Waals surface area contributed by atoms with Crippen LogP contribution in [0.2, 0.25) is 0 Å². The van der Waals surface area contributed by atoms with Crippen LogP contribution >= 0.6 is 24.8 Å². The highest BCUT2D eigenvalue weighted by Gasteiger charge is 2.17. The van der Waals surface area contributed by atoms with Gasteiger partial charge in [-0.05, 0) is 31.5 Å². The fourth-order valence-corrected chi connectivity index (χ4v) is 1.79. The van der Waals surface area contributed by atoms with E-state index >= 15 is 0 Å². The molecule has 4 nitrogen and oxygen atoms in total. The molecular weight excluding hydrogens is 261 g/mol. The van der Waals surface area contributed by atoms with Gasteiger partial charge in [-0.25, -0.2) is 4.98 Å². The zero-order valence-corrected chi connectivity index (χ0v) is 11.0. The van der Waals surface area contributed by atoms with Crippen molar-refractivity contribution in [3.05, 3.63) is 24.4 Å². The van der Waals surface area contributed by atoms with E-state index in [1.165, 1.54) is 6.42 Å². The second-order valence-corrected chi connectivity index (χ2v) is 3.76. The molecule has 1 aromatic rings. The summed E-state index contributed by atoms with van der Waals surface area (Å²) in [5, 5.41) is 6.07. The molecule has 0 aromatic carbocycles. The number of aromatic nitrogens is 1. The fraction of sp³-hybridized carbons (Fsp3) is 0.455. The first-order chi connectivity index (χ1) is 7.34. The van der Waals surface area contributed by atoms with Crippen molar-refractivity contribution in [2.75, 3.05) is 11.9 Å². The Morgan fingerprint density at radius 2 is 2.29 bits per heavy atom. The van der Waals surface area contributed by atoms with Crippen LogP contribution in [0, 0.1) is 0 Å². The summed E-state index contributed by atoms with van der Waals surface area (Å²) >= 11 is 0. The highest BCUT2D eigenvalue weighted by molar-refractivity contribution is 5.90. The van der Waals surface area contributed by atoms with E-state index in [0.29, 0.717) is 18.3 Å². The fourth-order valence-electron chi connectivity index (χ4n) is 1.79. The second-order valence-electron chi connectivity index (χ2n) is 3.76. The Morgan fingerprint density at radius 3 is 2.88 bits per heavy atom. The lowest BCUT2D eigenvalue weighted by Gasteiger charge is -2.09. The number of halogens is 2. The molecule has 0 bridgehead atoms. The number of amides is 1. The van der Waals surface area contributed by atoms with E-state index < -0.39 is 0 Å². The lowest BCUT2D eigenvalue weighted by atomic mass is 10.1. The predicted molar refractivity (Wildman–Crippen MR) is 73.0 cm³/mol. The quantitative estimate of drug-likeness (QED) is 0.889. The molecule has 6 heteroatoms. The third kappa shape index (κ3) is 5.35. The minimum Gasteiger partial charge on any atom is -0.313 e. The van der Waals surface area contributed by atoms with Crippen LogP contribution in [-0.4, -0.2) is 23.5 Å². The van der Waals surface area contributed by atoms with Gasteiger partial charge in [-0.2, -0.15) is 0 Å². The predicted octanol–water partition coefficient (Wildman–Crippen LogP) is 2.01. The first kappa shape index (κ1) is 16.2. The first-order valence-electron chi connectivity index (χ1n) is 5.29. The van der Waals surface area contributed by atoms with Crippen molar-refractivity contribution in [2.45, 2.75) is 25.3 Å². The third-order valence-corrected chi connectivity index (χ3v) is 2.53. The normalized spacial score (nSPS) is 17.8. The number of carbonyl (C=O) groups excluding carboxylic acids is 1. The Balaban J connectivity index is 0.00000128. The van der Waals surface area contributed by atoms with Crippen LogP contribution in [0.15, 0.2) is 24.4 Å². The van der Waals surface area contributed by atoms with Crippen molar-refractivity contribution in [1.29, 1.82) is 0 Å². The SMILES string of the molecule is Cl.Cl.O=C(CC1CCCN1)Nc1ccccn1. The Morgan fingerprint density at radius 1 is 1.47 bits per heavy atom. The van der Waals surface area contributed by atoms with Crippen molar-refractivity contribution in [3.8, 4) is 0 Å². The molecule has 1 atom stereocenters. The Labute approximate surface area is 113 Å². The molecule has 2 rings (SSSR count).